The fraction of sp³-hybridized carbons (Fsp3) is 0.133. The minimum Gasteiger partial charge on any atom is -0.489 e. The quantitative estimate of drug-likeness (QED) is 0.515. The van der Waals surface area contributed by atoms with E-state index in [0.29, 0.717) is 12.4 Å². The van der Waals surface area contributed by atoms with Gasteiger partial charge in [-0.15, -0.1) is 11.6 Å². The molecule has 98 valence electrons. The molecule has 2 N–H and O–H groups in total. The summed E-state index contributed by atoms with van der Waals surface area (Å²) in [5.41, 5.74) is 7.46. The SMILES string of the molecule is NC(CCl)=Nc1cccc(OCc2ccccc2)c1. The summed E-state index contributed by atoms with van der Waals surface area (Å²) >= 11 is 5.60. The number of hydrogen-bond donors (Lipinski definition) is 1. The Morgan fingerprint density at radius 3 is 2.63 bits per heavy atom. The molecule has 0 unspecified atom stereocenters. The molecule has 0 saturated heterocycles. The van der Waals surface area contributed by atoms with Crippen molar-refractivity contribution in [2.75, 3.05) is 5.88 Å². The highest BCUT2D eigenvalue weighted by molar-refractivity contribution is 6.28. The number of hydrogen-bond acceptors (Lipinski definition) is 2. The molecule has 0 bridgehead atoms. The summed E-state index contributed by atoms with van der Waals surface area (Å²) in [6.07, 6.45) is 0. The average molecular weight is 275 g/mol. The van der Waals surface area contributed by atoms with Gasteiger partial charge >= 0.3 is 0 Å². The molecule has 0 saturated carbocycles. The van der Waals surface area contributed by atoms with Crippen molar-refractivity contribution < 1.29 is 4.74 Å². The van der Waals surface area contributed by atoms with Gasteiger partial charge in [-0.1, -0.05) is 36.4 Å². The molecule has 19 heavy (non-hydrogen) atoms. The summed E-state index contributed by atoms with van der Waals surface area (Å²) in [7, 11) is 0. The summed E-state index contributed by atoms with van der Waals surface area (Å²) in [5, 5.41) is 0. The van der Waals surface area contributed by atoms with Crippen molar-refractivity contribution in [3.63, 3.8) is 0 Å². The number of halogens is 1. The Bertz CT molecular complexity index is 555. The number of ether oxygens (including phenoxy) is 1. The molecule has 0 heterocycles. The van der Waals surface area contributed by atoms with Gasteiger partial charge in [0.05, 0.1) is 11.6 Å². The predicted molar refractivity (Wildman–Crippen MR) is 79.2 cm³/mol. The van der Waals surface area contributed by atoms with Gasteiger partial charge in [-0.05, 0) is 17.7 Å². The third kappa shape index (κ3) is 4.30. The Hall–Kier alpha value is -2.00. The van der Waals surface area contributed by atoms with E-state index in [1.807, 2.05) is 54.6 Å². The number of alkyl halides is 1. The molecule has 0 spiro atoms. The van der Waals surface area contributed by atoms with Crippen molar-refractivity contribution in [2.45, 2.75) is 6.61 Å². The highest BCUT2D eigenvalue weighted by atomic mass is 35.5. The molecule has 0 radical (unpaired) electrons. The second-order valence-corrected chi connectivity index (χ2v) is 4.28. The smallest absolute Gasteiger partial charge is 0.121 e. The summed E-state index contributed by atoms with van der Waals surface area (Å²) in [6, 6.07) is 17.5. The van der Waals surface area contributed by atoms with Crippen LogP contribution in [-0.4, -0.2) is 11.7 Å². The van der Waals surface area contributed by atoms with Gasteiger partial charge in [-0.2, -0.15) is 0 Å². The summed E-state index contributed by atoms with van der Waals surface area (Å²) in [6.45, 7) is 0.527. The van der Waals surface area contributed by atoms with Gasteiger partial charge in [0.15, 0.2) is 0 Å². The lowest BCUT2D eigenvalue weighted by Crippen LogP contribution is -2.12. The number of rotatable bonds is 5. The molecule has 0 amide bonds. The van der Waals surface area contributed by atoms with Crippen LogP contribution in [0.4, 0.5) is 5.69 Å². The van der Waals surface area contributed by atoms with Crippen molar-refractivity contribution in [2.24, 2.45) is 10.7 Å². The third-order valence-corrected chi connectivity index (χ3v) is 2.75. The monoisotopic (exact) mass is 274 g/mol. The first kappa shape index (κ1) is 13.4. The number of nitrogens with zero attached hydrogens (tertiary/aromatic N) is 1. The molecule has 2 aromatic rings. The number of aliphatic imine (C=N–C) groups is 1. The minimum atomic E-state index is 0.217. The molecule has 0 atom stereocenters. The van der Waals surface area contributed by atoms with E-state index in [2.05, 4.69) is 4.99 Å². The Morgan fingerprint density at radius 1 is 1.11 bits per heavy atom. The lowest BCUT2D eigenvalue weighted by Gasteiger charge is -2.06. The minimum absolute atomic E-state index is 0.217. The first-order valence-corrected chi connectivity index (χ1v) is 6.47. The standard InChI is InChI=1S/C15H15ClN2O/c16-10-15(17)18-13-7-4-8-14(9-13)19-11-12-5-2-1-3-6-12/h1-9H,10-11H2,(H2,17,18). The zero-order chi connectivity index (χ0) is 13.5. The van der Waals surface area contributed by atoms with E-state index in [1.165, 1.54) is 0 Å². The van der Waals surface area contributed by atoms with Crippen LogP contribution in [-0.2, 0) is 6.61 Å². The van der Waals surface area contributed by atoms with Crippen LogP contribution >= 0.6 is 11.6 Å². The zero-order valence-electron chi connectivity index (χ0n) is 10.4. The van der Waals surface area contributed by atoms with Crippen molar-refractivity contribution in [1.29, 1.82) is 0 Å². The molecule has 2 aromatic carbocycles. The van der Waals surface area contributed by atoms with E-state index < -0.39 is 0 Å². The molecule has 0 aliphatic heterocycles. The van der Waals surface area contributed by atoms with Gasteiger partial charge in [0.25, 0.3) is 0 Å². The van der Waals surface area contributed by atoms with Gasteiger partial charge in [0, 0.05) is 6.07 Å². The maximum absolute atomic E-state index is 5.70. The lowest BCUT2D eigenvalue weighted by molar-refractivity contribution is 0.306. The van der Waals surface area contributed by atoms with Crippen molar-refractivity contribution in [1.82, 2.24) is 0 Å². The van der Waals surface area contributed by atoms with Crippen LogP contribution in [0.5, 0.6) is 5.75 Å². The van der Waals surface area contributed by atoms with Gasteiger partial charge in [-0.3, -0.25) is 0 Å². The van der Waals surface area contributed by atoms with Gasteiger partial charge in [-0.25, -0.2) is 4.99 Å². The summed E-state index contributed by atoms with van der Waals surface area (Å²) < 4.78 is 5.70. The van der Waals surface area contributed by atoms with Crippen molar-refractivity contribution >= 4 is 23.1 Å². The van der Waals surface area contributed by atoms with Crippen LogP contribution in [0.15, 0.2) is 59.6 Å². The highest BCUT2D eigenvalue weighted by Crippen LogP contribution is 2.20. The lowest BCUT2D eigenvalue weighted by atomic mass is 10.2. The van der Waals surface area contributed by atoms with Crippen LogP contribution in [0.1, 0.15) is 5.56 Å². The van der Waals surface area contributed by atoms with Crippen LogP contribution < -0.4 is 10.5 Å². The van der Waals surface area contributed by atoms with Crippen molar-refractivity contribution in [3.05, 3.63) is 60.2 Å². The van der Waals surface area contributed by atoms with Crippen molar-refractivity contribution in [3.8, 4) is 5.75 Å². The van der Waals surface area contributed by atoms with E-state index in [1.54, 1.807) is 0 Å². The second kappa shape index (κ2) is 6.81. The third-order valence-electron chi connectivity index (χ3n) is 2.48. The normalized spacial score (nSPS) is 11.3. The topological polar surface area (TPSA) is 47.6 Å². The Kier molecular flexibility index (Phi) is 4.81. The molecule has 2 rings (SSSR count). The fourth-order valence-electron chi connectivity index (χ4n) is 1.58. The van der Waals surface area contributed by atoms with Crippen LogP contribution in [0.3, 0.4) is 0 Å². The van der Waals surface area contributed by atoms with E-state index >= 15 is 0 Å². The van der Waals surface area contributed by atoms with E-state index in [0.717, 1.165) is 17.0 Å². The van der Waals surface area contributed by atoms with E-state index in [4.69, 9.17) is 22.1 Å². The number of nitrogens with two attached hydrogens (primary N) is 1. The molecule has 0 fully saturated rings. The first-order chi connectivity index (χ1) is 9.28. The molecule has 3 nitrogen and oxygen atoms in total. The molecule has 0 aliphatic carbocycles. The zero-order valence-corrected chi connectivity index (χ0v) is 11.2. The average Bonchev–Trinajstić information content (AvgIpc) is 2.46. The Balaban J connectivity index is 2.03. The van der Waals surface area contributed by atoms with Crippen LogP contribution in [0, 0.1) is 0 Å². The van der Waals surface area contributed by atoms with Gasteiger partial charge in [0.1, 0.15) is 18.2 Å². The molecule has 4 heteroatoms. The van der Waals surface area contributed by atoms with Crippen LogP contribution in [0.25, 0.3) is 0 Å². The van der Waals surface area contributed by atoms with Crippen LogP contribution in [0.2, 0.25) is 0 Å². The van der Waals surface area contributed by atoms with Gasteiger partial charge in [0.2, 0.25) is 0 Å². The molecular formula is C15H15ClN2O. The maximum Gasteiger partial charge on any atom is 0.121 e. The summed E-state index contributed by atoms with van der Waals surface area (Å²) in [5.74, 6) is 1.36. The fourth-order valence-corrected chi connectivity index (χ4v) is 1.64. The number of amidine groups is 1. The number of benzene rings is 2. The molecular weight excluding hydrogens is 260 g/mol. The Labute approximate surface area is 117 Å². The maximum atomic E-state index is 5.70. The largest absolute Gasteiger partial charge is 0.489 e. The first-order valence-electron chi connectivity index (χ1n) is 5.94. The van der Waals surface area contributed by atoms with E-state index in [-0.39, 0.29) is 5.88 Å². The second-order valence-electron chi connectivity index (χ2n) is 4.01. The Morgan fingerprint density at radius 2 is 1.89 bits per heavy atom. The van der Waals surface area contributed by atoms with E-state index in [9.17, 15) is 0 Å². The molecule has 0 aromatic heterocycles. The summed E-state index contributed by atoms with van der Waals surface area (Å²) in [4.78, 5) is 4.18. The molecule has 0 aliphatic rings. The highest BCUT2D eigenvalue weighted by Gasteiger charge is 1.98. The van der Waals surface area contributed by atoms with Gasteiger partial charge < -0.3 is 10.5 Å². The predicted octanol–water partition coefficient (Wildman–Crippen LogP) is 3.49.